The van der Waals surface area contributed by atoms with Gasteiger partial charge in [0.1, 0.15) is 5.69 Å². The summed E-state index contributed by atoms with van der Waals surface area (Å²) >= 11 is 0. The number of amides is 1. The van der Waals surface area contributed by atoms with E-state index in [0.717, 1.165) is 15.7 Å². The highest BCUT2D eigenvalue weighted by Crippen LogP contribution is 2.45. The van der Waals surface area contributed by atoms with Gasteiger partial charge in [-0.25, -0.2) is 0 Å². The van der Waals surface area contributed by atoms with E-state index in [0.29, 0.717) is 0 Å². The number of carbonyl (C=O) groups is 1. The molecule has 0 radical (unpaired) electrons. The molecule has 0 unspecified atom stereocenters. The maximum Gasteiger partial charge on any atom is 0.221 e. The van der Waals surface area contributed by atoms with E-state index in [1.54, 1.807) is 0 Å². The molecule has 0 spiro atoms. The lowest BCUT2D eigenvalue weighted by Gasteiger charge is -2.23. The molecule has 0 heterocycles. The normalized spacial score (nSPS) is 14.1. The summed E-state index contributed by atoms with van der Waals surface area (Å²) in [7, 11) is 6.50. The number of anilines is 1. The number of benzene rings is 3. The SMILES string of the molecule is CC(=O)Nc1ccc2c(c1)/C(=C/C=C\c1ccc([N+](C)(C)C)cc1)c1ccccc1-2. The monoisotopic (exact) mass is 395 g/mol. The average molecular weight is 396 g/mol. The van der Waals surface area contributed by atoms with Crippen LogP contribution in [0.15, 0.2) is 78.9 Å². The van der Waals surface area contributed by atoms with Crippen molar-refractivity contribution in [3.05, 3.63) is 95.6 Å². The van der Waals surface area contributed by atoms with Crippen LogP contribution in [-0.4, -0.2) is 27.1 Å². The molecule has 0 atom stereocenters. The van der Waals surface area contributed by atoms with Crippen molar-refractivity contribution in [2.24, 2.45) is 0 Å². The Hall–Kier alpha value is -3.43. The molecule has 3 aromatic carbocycles. The Labute approximate surface area is 178 Å². The van der Waals surface area contributed by atoms with Gasteiger partial charge < -0.3 is 5.32 Å². The highest BCUT2D eigenvalue weighted by atomic mass is 16.1. The van der Waals surface area contributed by atoms with Gasteiger partial charge in [0, 0.05) is 12.6 Å². The number of fused-ring (bicyclic) bond motifs is 3. The summed E-state index contributed by atoms with van der Waals surface area (Å²) in [6, 6.07) is 23.2. The molecular weight excluding hydrogens is 368 g/mol. The maximum atomic E-state index is 11.5. The van der Waals surface area contributed by atoms with Crippen molar-refractivity contribution in [2.45, 2.75) is 6.92 Å². The van der Waals surface area contributed by atoms with Crippen molar-refractivity contribution in [1.29, 1.82) is 0 Å². The summed E-state index contributed by atoms with van der Waals surface area (Å²) in [5, 5.41) is 2.90. The summed E-state index contributed by atoms with van der Waals surface area (Å²) in [5.74, 6) is -0.0618. The zero-order chi connectivity index (χ0) is 21.3. The first-order valence-electron chi connectivity index (χ1n) is 10.2. The van der Waals surface area contributed by atoms with Crippen molar-refractivity contribution in [2.75, 3.05) is 26.5 Å². The van der Waals surface area contributed by atoms with E-state index in [1.807, 2.05) is 6.07 Å². The summed E-state index contributed by atoms with van der Waals surface area (Å²) < 4.78 is 0.804. The van der Waals surface area contributed by atoms with E-state index < -0.39 is 0 Å². The van der Waals surface area contributed by atoms with Gasteiger partial charge >= 0.3 is 0 Å². The second-order valence-electron chi connectivity index (χ2n) is 8.53. The van der Waals surface area contributed by atoms with Crippen LogP contribution in [0.5, 0.6) is 0 Å². The number of nitrogens with zero attached hydrogens (tertiary/aromatic N) is 1. The quantitative estimate of drug-likeness (QED) is 0.424. The van der Waals surface area contributed by atoms with Gasteiger partial charge in [0.15, 0.2) is 0 Å². The molecule has 1 N–H and O–H groups in total. The van der Waals surface area contributed by atoms with Gasteiger partial charge in [0.25, 0.3) is 0 Å². The van der Waals surface area contributed by atoms with Crippen molar-refractivity contribution < 1.29 is 4.79 Å². The predicted octanol–water partition coefficient (Wildman–Crippen LogP) is 5.97. The molecule has 0 fully saturated rings. The Morgan fingerprint density at radius 1 is 0.833 bits per heavy atom. The summed E-state index contributed by atoms with van der Waals surface area (Å²) in [5.41, 5.74) is 9.23. The molecule has 0 aliphatic heterocycles. The molecule has 3 nitrogen and oxygen atoms in total. The Kier molecular flexibility index (Phi) is 5.15. The Morgan fingerprint density at radius 3 is 2.17 bits per heavy atom. The third-order valence-electron chi connectivity index (χ3n) is 5.36. The minimum absolute atomic E-state index is 0.0618. The van der Waals surface area contributed by atoms with Gasteiger partial charge in [0.05, 0.1) is 21.1 Å². The molecule has 150 valence electrons. The van der Waals surface area contributed by atoms with Crippen LogP contribution in [-0.2, 0) is 4.79 Å². The number of hydrogen-bond acceptors (Lipinski definition) is 1. The lowest BCUT2D eigenvalue weighted by atomic mass is 10.0. The Bertz CT molecular complexity index is 1160. The Balaban J connectivity index is 1.69. The van der Waals surface area contributed by atoms with Crippen LogP contribution in [0.4, 0.5) is 11.4 Å². The van der Waals surface area contributed by atoms with Crippen molar-refractivity contribution >= 4 is 28.9 Å². The number of carbonyl (C=O) groups excluding carboxylic acids is 1. The number of quaternary nitrogens is 1. The molecule has 0 bridgehead atoms. The van der Waals surface area contributed by atoms with Crippen LogP contribution in [0.1, 0.15) is 23.6 Å². The van der Waals surface area contributed by atoms with Crippen molar-refractivity contribution in [1.82, 2.24) is 4.48 Å². The summed E-state index contributed by atoms with van der Waals surface area (Å²) in [6.07, 6.45) is 6.40. The van der Waals surface area contributed by atoms with Gasteiger partial charge in [-0.1, -0.05) is 48.6 Å². The highest BCUT2D eigenvalue weighted by molar-refractivity contribution is 6.03. The van der Waals surface area contributed by atoms with E-state index in [1.165, 1.54) is 40.4 Å². The summed E-state index contributed by atoms with van der Waals surface area (Å²) in [6.45, 7) is 1.53. The van der Waals surface area contributed by atoms with Crippen LogP contribution in [0.2, 0.25) is 0 Å². The standard InChI is InChI=1S/C27H26N2O/c1-19(30)28-21-14-17-26-24-10-6-5-9-23(24)25(27(26)18-21)11-7-8-20-12-15-22(16-13-20)29(2,3)4/h5-18H,1-4H3/p+1/b8-7-,25-11+. The van der Waals surface area contributed by atoms with Crippen LogP contribution >= 0.6 is 0 Å². The van der Waals surface area contributed by atoms with Crippen molar-refractivity contribution in [3.8, 4) is 11.1 Å². The van der Waals surface area contributed by atoms with E-state index in [-0.39, 0.29) is 5.91 Å². The lowest BCUT2D eigenvalue weighted by molar-refractivity contribution is -0.114. The average Bonchev–Trinajstić information content (AvgIpc) is 3.01. The summed E-state index contributed by atoms with van der Waals surface area (Å²) in [4.78, 5) is 11.5. The zero-order valence-corrected chi connectivity index (χ0v) is 17.9. The number of nitrogens with one attached hydrogen (secondary N) is 1. The second-order valence-corrected chi connectivity index (χ2v) is 8.53. The smallest absolute Gasteiger partial charge is 0.221 e. The molecule has 0 saturated heterocycles. The molecule has 0 aromatic heterocycles. The van der Waals surface area contributed by atoms with Crippen LogP contribution in [0, 0.1) is 0 Å². The minimum Gasteiger partial charge on any atom is -0.326 e. The van der Waals surface area contributed by atoms with Crippen molar-refractivity contribution in [3.63, 3.8) is 0 Å². The minimum atomic E-state index is -0.0618. The van der Waals surface area contributed by atoms with Crippen LogP contribution < -0.4 is 9.80 Å². The number of allylic oxidation sites excluding steroid dienone is 2. The molecule has 4 rings (SSSR count). The Morgan fingerprint density at radius 2 is 1.50 bits per heavy atom. The first kappa shape index (κ1) is 19.9. The fourth-order valence-corrected chi connectivity index (χ4v) is 3.85. The second kappa shape index (κ2) is 7.77. The molecular formula is C27H27N2O+. The fraction of sp³-hybridized carbons (Fsp3) is 0.148. The third kappa shape index (κ3) is 3.98. The molecule has 1 aliphatic carbocycles. The van der Waals surface area contributed by atoms with Gasteiger partial charge in [-0.15, -0.1) is 0 Å². The highest BCUT2D eigenvalue weighted by Gasteiger charge is 2.22. The largest absolute Gasteiger partial charge is 0.326 e. The van der Waals surface area contributed by atoms with E-state index in [4.69, 9.17) is 0 Å². The first-order valence-corrected chi connectivity index (χ1v) is 10.2. The van der Waals surface area contributed by atoms with Gasteiger partial charge in [-0.2, -0.15) is 0 Å². The zero-order valence-electron chi connectivity index (χ0n) is 17.9. The first-order chi connectivity index (χ1) is 14.3. The maximum absolute atomic E-state index is 11.5. The molecule has 3 heteroatoms. The number of rotatable bonds is 4. The van der Waals surface area contributed by atoms with E-state index >= 15 is 0 Å². The molecule has 0 saturated carbocycles. The third-order valence-corrected chi connectivity index (χ3v) is 5.36. The fourth-order valence-electron chi connectivity index (χ4n) is 3.85. The van der Waals surface area contributed by atoms with Gasteiger partial charge in [-0.3, -0.25) is 9.28 Å². The number of hydrogen-bond donors (Lipinski definition) is 1. The van der Waals surface area contributed by atoms with Gasteiger partial charge in [0.2, 0.25) is 5.91 Å². The van der Waals surface area contributed by atoms with Crippen LogP contribution in [0.3, 0.4) is 0 Å². The molecule has 30 heavy (non-hydrogen) atoms. The van der Waals surface area contributed by atoms with E-state index in [2.05, 4.69) is 105 Å². The van der Waals surface area contributed by atoms with Crippen LogP contribution in [0.25, 0.3) is 22.8 Å². The molecule has 1 aliphatic rings. The van der Waals surface area contributed by atoms with Gasteiger partial charge in [-0.05, 0) is 69.8 Å². The molecule has 3 aromatic rings. The molecule has 1 amide bonds. The predicted molar refractivity (Wildman–Crippen MR) is 128 cm³/mol. The van der Waals surface area contributed by atoms with E-state index in [9.17, 15) is 4.79 Å². The topological polar surface area (TPSA) is 29.1 Å². The lowest BCUT2D eigenvalue weighted by Crippen LogP contribution is -2.34.